The van der Waals surface area contributed by atoms with Crippen LogP contribution < -0.4 is 5.30 Å². The Morgan fingerprint density at radius 3 is 1.44 bits per heavy atom. The van der Waals surface area contributed by atoms with Crippen LogP contribution in [0, 0.1) is 0 Å². The summed E-state index contributed by atoms with van der Waals surface area (Å²) in [7, 11) is -5.73. The molecule has 2 N–H and O–H groups in total. The maximum absolute atomic E-state index is 12.4. The second-order valence-electron chi connectivity index (χ2n) is 3.24. The average Bonchev–Trinajstić information content (AvgIpc) is 2.12. The number of halogens is 6. The quantitative estimate of drug-likeness (QED) is 0.618. The molecule has 0 aliphatic carbocycles. The summed E-state index contributed by atoms with van der Waals surface area (Å²) >= 11 is 0. The lowest BCUT2D eigenvalue weighted by atomic mass is 10.1. The van der Waals surface area contributed by atoms with Crippen molar-refractivity contribution in [3.63, 3.8) is 0 Å². The summed E-state index contributed by atoms with van der Waals surface area (Å²) in [6.45, 7) is 0. The molecule has 1 aromatic carbocycles. The van der Waals surface area contributed by atoms with E-state index >= 15 is 0 Å². The van der Waals surface area contributed by atoms with E-state index in [0.29, 0.717) is 6.07 Å². The summed E-state index contributed by atoms with van der Waals surface area (Å²) in [5.74, 6) is 0. The van der Waals surface area contributed by atoms with Crippen molar-refractivity contribution in [1.82, 2.24) is 0 Å². The van der Waals surface area contributed by atoms with Gasteiger partial charge in [0.1, 0.15) is 0 Å². The van der Waals surface area contributed by atoms with Gasteiger partial charge in [-0.3, -0.25) is 4.57 Å². The molecule has 0 atom stereocenters. The van der Waals surface area contributed by atoms with Crippen molar-refractivity contribution in [3.8, 4) is 0 Å². The standard InChI is InChI=1S/C8H5F6O3P/c9-7(10,11)4-2-1-3-5(8(12,13)14)6(4)18(15,16)17/h1-3H,(H2,15,16,17). The Bertz CT molecular complexity index is 468. The summed E-state index contributed by atoms with van der Waals surface area (Å²) in [6, 6.07) is 0.804. The molecule has 3 nitrogen and oxygen atoms in total. The fourth-order valence-corrected chi connectivity index (χ4v) is 2.35. The molecule has 18 heavy (non-hydrogen) atoms. The van der Waals surface area contributed by atoms with Crippen molar-refractivity contribution in [3.05, 3.63) is 29.3 Å². The van der Waals surface area contributed by atoms with Crippen LogP contribution in [0.5, 0.6) is 0 Å². The lowest BCUT2D eigenvalue weighted by molar-refractivity contribution is -0.141. The van der Waals surface area contributed by atoms with E-state index in [1.54, 1.807) is 0 Å². The summed E-state index contributed by atoms with van der Waals surface area (Å²) in [5.41, 5.74) is -3.99. The van der Waals surface area contributed by atoms with Crippen LogP contribution in [0.2, 0.25) is 0 Å². The fraction of sp³-hybridized carbons (Fsp3) is 0.250. The van der Waals surface area contributed by atoms with Crippen LogP contribution >= 0.6 is 7.60 Å². The molecule has 0 unspecified atom stereocenters. The Morgan fingerprint density at radius 2 is 1.22 bits per heavy atom. The van der Waals surface area contributed by atoms with Gasteiger partial charge in [0.2, 0.25) is 0 Å². The van der Waals surface area contributed by atoms with Crippen molar-refractivity contribution < 1.29 is 40.7 Å². The van der Waals surface area contributed by atoms with Gasteiger partial charge in [-0.25, -0.2) is 0 Å². The highest BCUT2D eigenvalue weighted by Crippen LogP contribution is 2.44. The Labute approximate surface area is 96.2 Å². The van der Waals surface area contributed by atoms with Gasteiger partial charge >= 0.3 is 19.9 Å². The summed E-state index contributed by atoms with van der Waals surface area (Å²) in [6.07, 6.45) is -10.6. The van der Waals surface area contributed by atoms with Gasteiger partial charge in [-0.15, -0.1) is 0 Å². The molecule has 10 heteroatoms. The van der Waals surface area contributed by atoms with Crippen molar-refractivity contribution in [2.75, 3.05) is 0 Å². The molecule has 0 spiro atoms. The third-order valence-electron chi connectivity index (χ3n) is 1.94. The van der Waals surface area contributed by atoms with Crippen molar-refractivity contribution in [2.24, 2.45) is 0 Å². The maximum Gasteiger partial charge on any atom is 0.417 e. The Morgan fingerprint density at radius 1 is 0.889 bits per heavy atom. The van der Waals surface area contributed by atoms with Gasteiger partial charge < -0.3 is 9.79 Å². The number of hydrogen-bond donors (Lipinski definition) is 2. The molecule has 0 aromatic heterocycles. The molecule has 0 heterocycles. The van der Waals surface area contributed by atoms with Crippen LogP contribution in [0.25, 0.3) is 0 Å². The molecule has 0 amide bonds. The Hall–Kier alpha value is -1.05. The van der Waals surface area contributed by atoms with Crippen LogP contribution in [0.4, 0.5) is 26.3 Å². The number of alkyl halides is 6. The Kier molecular flexibility index (Phi) is 3.55. The molecular formula is C8H5F6O3P. The molecule has 0 aliphatic rings. The summed E-state index contributed by atoms with van der Waals surface area (Å²) in [4.78, 5) is 17.4. The molecule has 1 rings (SSSR count). The minimum Gasteiger partial charge on any atom is -0.321 e. The third-order valence-corrected chi connectivity index (χ3v) is 3.00. The molecular weight excluding hydrogens is 289 g/mol. The Balaban J connectivity index is 3.73. The van der Waals surface area contributed by atoms with E-state index in [-0.39, 0.29) is 12.1 Å². The van der Waals surface area contributed by atoms with E-state index in [4.69, 9.17) is 9.79 Å². The maximum atomic E-state index is 12.4. The highest BCUT2D eigenvalue weighted by atomic mass is 31.2. The van der Waals surface area contributed by atoms with Crippen LogP contribution in [-0.4, -0.2) is 9.79 Å². The van der Waals surface area contributed by atoms with Gasteiger partial charge in [0.05, 0.1) is 16.4 Å². The minimum absolute atomic E-state index is 0.184. The van der Waals surface area contributed by atoms with Gasteiger partial charge in [-0.05, 0) is 12.1 Å². The molecule has 0 aliphatic heterocycles. The largest absolute Gasteiger partial charge is 0.417 e. The normalized spacial score (nSPS) is 13.8. The van der Waals surface area contributed by atoms with E-state index in [2.05, 4.69) is 0 Å². The topological polar surface area (TPSA) is 57.5 Å². The summed E-state index contributed by atoms with van der Waals surface area (Å²) in [5, 5.41) is -2.05. The monoisotopic (exact) mass is 294 g/mol. The zero-order chi connectivity index (χ0) is 14.4. The van der Waals surface area contributed by atoms with E-state index in [1.165, 1.54) is 0 Å². The molecule has 1 aromatic rings. The smallest absolute Gasteiger partial charge is 0.321 e. The van der Waals surface area contributed by atoms with Crippen LogP contribution in [0.15, 0.2) is 18.2 Å². The van der Waals surface area contributed by atoms with Crippen molar-refractivity contribution in [1.29, 1.82) is 0 Å². The van der Waals surface area contributed by atoms with Crippen LogP contribution in [0.3, 0.4) is 0 Å². The minimum atomic E-state index is -5.73. The van der Waals surface area contributed by atoms with Crippen molar-refractivity contribution >= 4 is 12.9 Å². The van der Waals surface area contributed by atoms with Gasteiger partial charge in [0.25, 0.3) is 0 Å². The molecule has 0 bridgehead atoms. The molecule has 0 saturated heterocycles. The average molecular weight is 294 g/mol. The zero-order valence-electron chi connectivity index (χ0n) is 8.25. The number of benzene rings is 1. The molecule has 0 radical (unpaired) electrons. The molecule has 0 saturated carbocycles. The van der Waals surface area contributed by atoms with Gasteiger partial charge in [-0.1, -0.05) is 6.07 Å². The van der Waals surface area contributed by atoms with Crippen molar-refractivity contribution in [2.45, 2.75) is 12.4 Å². The predicted molar refractivity (Wildman–Crippen MR) is 48.1 cm³/mol. The van der Waals surface area contributed by atoms with Gasteiger partial charge in [0.15, 0.2) is 0 Å². The van der Waals surface area contributed by atoms with E-state index < -0.39 is 36.4 Å². The molecule has 0 fully saturated rings. The number of hydrogen-bond acceptors (Lipinski definition) is 1. The van der Waals surface area contributed by atoms with Crippen LogP contribution in [0.1, 0.15) is 11.1 Å². The predicted octanol–water partition coefficient (Wildman–Crippen LogP) is 2.53. The highest BCUT2D eigenvalue weighted by molar-refractivity contribution is 7.60. The first-order chi connectivity index (χ1) is 7.85. The fourth-order valence-electron chi connectivity index (χ4n) is 1.31. The first-order valence-corrected chi connectivity index (χ1v) is 5.80. The number of rotatable bonds is 1. The lowest BCUT2D eigenvalue weighted by Crippen LogP contribution is -2.27. The second-order valence-corrected chi connectivity index (χ2v) is 4.78. The van der Waals surface area contributed by atoms with E-state index in [1.807, 2.05) is 0 Å². The first kappa shape index (κ1) is 15.0. The van der Waals surface area contributed by atoms with E-state index in [9.17, 15) is 30.9 Å². The van der Waals surface area contributed by atoms with Gasteiger partial charge in [-0.2, -0.15) is 26.3 Å². The van der Waals surface area contributed by atoms with E-state index in [0.717, 1.165) is 0 Å². The SMILES string of the molecule is O=P(O)(O)c1c(C(F)(F)F)cccc1C(F)(F)F. The van der Waals surface area contributed by atoms with Gasteiger partial charge in [0, 0.05) is 0 Å². The lowest BCUT2D eigenvalue weighted by Gasteiger charge is -2.18. The van der Waals surface area contributed by atoms with Crippen LogP contribution in [-0.2, 0) is 16.9 Å². The third kappa shape index (κ3) is 3.04. The zero-order valence-corrected chi connectivity index (χ0v) is 9.14. The summed E-state index contributed by atoms with van der Waals surface area (Å²) < 4.78 is 85.5. The molecule has 102 valence electrons. The first-order valence-electron chi connectivity index (χ1n) is 4.18. The second kappa shape index (κ2) is 4.25. The highest BCUT2D eigenvalue weighted by Gasteiger charge is 2.45.